The predicted octanol–water partition coefficient (Wildman–Crippen LogP) is 2.58. The summed E-state index contributed by atoms with van der Waals surface area (Å²) in [5.41, 5.74) is 0.287. The van der Waals surface area contributed by atoms with Crippen molar-refractivity contribution in [2.45, 2.75) is 39.3 Å². The van der Waals surface area contributed by atoms with Gasteiger partial charge in [0, 0.05) is 31.3 Å². The smallest absolute Gasteiger partial charge is 0.258 e. The van der Waals surface area contributed by atoms with Gasteiger partial charge < -0.3 is 24.1 Å². The zero-order valence-electron chi connectivity index (χ0n) is 16.9. The number of pyridine rings is 1. The quantitative estimate of drug-likeness (QED) is 0.789. The van der Waals surface area contributed by atoms with Crippen molar-refractivity contribution in [1.82, 2.24) is 9.88 Å². The van der Waals surface area contributed by atoms with Crippen LogP contribution in [0.3, 0.4) is 0 Å². The second-order valence-corrected chi connectivity index (χ2v) is 7.49. The number of hydrogen-bond donors (Lipinski definition) is 1. The summed E-state index contributed by atoms with van der Waals surface area (Å²) in [6, 6.07) is 3.33. The number of carbonyl (C=O) groups excluding carboxylic acids is 1. The molecule has 1 aromatic carbocycles. The third-order valence-corrected chi connectivity index (χ3v) is 4.91. The highest BCUT2D eigenvalue weighted by Gasteiger charge is 2.21. The van der Waals surface area contributed by atoms with Gasteiger partial charge in [0.25, 0.3) is 11.5 Å². The third kappa shape index (κ3) is 4.14. The van der Waals surface area contributed by atoms with E-state index in [9.17, 15) is 9.59 Å². The fourth-order valence-electron chi connectivity index (χ4n) is 3.53. The Morgan fingerprint density at radius 1 is 1.25 bits per heavy atom. The minimum Gasteiger partial charge on any atom is -0.493 e. The maximum absolute atomic E-state index is 13.0. The number of rotatable bonds is 7. The molecule has 1 atom stereocenters. The van der Waals surface area contributed by atoms with Gasteiger partial charge in [-0.3, -0.25) is 9.59 Å². The van der Waals surface area contributed by atoms with Crippen molar-refractivity contribution < 1.29 is 19.0 Å². The lowest BCUT2D eigenvalue weighted by atomic mass is 10.0. The Hall–Kier alpha value is -2.54. The van der Waals surface area contributed by atoms with E-state index in [1.807, 2.05) is 13.8 Å². The van der Waals surface area contributed by atoms with Crippen LogP contribution in [0, 0.1) is 5.92 Å². The number of methoxy groups -OCH3 is 2. The fourth-order valence-corrected chi connectivity index (χ4v) is 3.53. The van der Waals surface area contributed by atoms with Crippen molar-refractivity contribution >= 4 is 16.7 Å². The van der Waals surface area contributed by atoms with Crippen LogP contribution in [0.1, 0.15) is 37.0 Å². The lowest BCUT2D eigenvalue weighted by molar-refractivity contribution is 0.0858. The zero-order chi connectivity index (χ0) is 20.3. The number of hydrogen-bond acceptors (Lipinski definition) is 5. The lowest BCUT2D eigenvalue weighted by Gasteiger charge is -2.17. The van der Waals surface area contributed by atoms with E-state index < -0.39 is 0 Å². The molecule has 1 amide bonds. The van der Waals surface area contributed by atoms with E-state index in [0.717, 1.165) is 19.4 Å². The average molecular weight is 388 g/mol. The number of ether oxygens (including phenoxy) is 3. The van der Waals surface area contributed by atoms with Gasteiger partial charge >= 0.3 is 0 Å². The minimum absolute atomic E-state index is 0.0476. The van der Waals surface area contributed by atoms with Gasteiger partial charge in [-0.25, -0.2) is 0 Å². The molecule has 2 aromatic rings. The third-order valence-electron chi connectivity index (χ3n) is 4.91. The second-order valence-electron chi connectivity index (χ2n) is 7.49. The van der Waals surface area contributed by atoms with Crippen LogP contribution in [0.25, 0.3) is 10.8 Å². The van der Waals surface area contributed by atoms with Gasteiger partial charge in [-0.1, -0.05) is 13.8 Å². The first kappa shape index (κ1) is 20.2. The largest absolute Gasteiger partial charge is 0.493 e. The topological polar surface area (TPSA) is 78.8 Å². The van der Waals surface area contributed by atoms with Crippen molar-refractivity contribution in [2.24, 2.45) is 5.92 Å². The molecule has 28 heavy (non-hydrogen) atoms. The molecule has 1 aromatic heterocycles. The Labute approximate surface area is 164 Å². The molecule has 152 valence electrons. The minimum atomic E-state index is -0.231. The molecule has 7 heteroatoms. The summed E-state index contributed by atoms with van der Waals surface area (Å²) in [7, 11) is 3.05. The molecule has 0 unspecified atom stereocenters. The molecule has 2 heterocycles. The van der Waals surface area contributed by atoms with Crippen molar-refractivity contribution in [1.29, 1.82) is 0 Å². The van der Waals surface area contributed by atoms with E-state index in [1.165, 1.54) is 14.2 Å². The monoisotopic (exact) mass is 388 g/mol. The molecule has 1 fully saturated rings. The van der Waals surface area contributed by atoms with Gasteiger partial charge in [0.2, 0.25) is 0 Å². The van der Waals surface area contributed by atoms with Crippen molar-refractivity contribution in [3.8, 4) is 11.5 Å². The number of amides is 1. The first-order chi connectivity index (χ1) is 13.4. The molecule has 1 aliphatic rings. The average Bonchev–Trinajstić information content (AvgIpc) is 3.20. The number of nitrogens with one attached hydrogen (secondary N) is 1. The molecule has 0 spiro atoms. The molecule has 0 saturated carbocycles. The Balaban J connectivity index is 2.08. The number of aromatic nitrogens is 1. The summed E-state index contributed by atoms with van der Waals surface area (Å²) in [6.07, 6.45) is 3.64. The number of fused-ring (bicyclic) bond motifs is 1. The Morgan fingerprint density at radius 3 is 2.50 bits per heavy atom. The van der Waals surface area contributed by atoms with E-state index >= 15 is 0 Å². The van der Waals surface area contributed by atoms with E-state index in [1.54, 1.807) is 22.9 Å². The number of nitrogens with zero attached hydrogens (tertiary/aromatic N) is 1. The van der Waals surface area contributed by atoms with Crippen LogP contribution in [-0.4, -0.2) is 43.9 Å². The molecule has 7 nitrogen and oxygen atoms in total. The zero-order valence-corrected chi connectivity index (χ0v) is 16.9. The molecule has 0 bridgehead atoms. The highest BCUT2D eigenvalue weighted by atomic mass is 16.5. The number of carbonyl (C=O) groups is 1. The van der Waals surface area contributed by atoms with E-state index in [4.69, 9.17) is 14.2 Å². The van der Waals surface area contributed by atoms with Crippen LogP contribution >= 0.6 is 0 Å². The summed E-state index contributed by atoms with van der Waals surface area (Å²) >= 11 is 0. The summed E-state index contributed by atoms with van der Waals surface area (Å²) in [6.45, 7) is 5.77. The number of benzene rings is 1. The molecular formula is C21H28N2O5. The lowest BCUT2D eigenvalue weighted by Crippen LogP contribution is -2.33. The summed E-state index contributed by atoms with van der Waals surface area (Å²) in [5.74, 6) is 0.965. The Kier molecular flexibility index (Phi) is 6.24. The van der Waals surface area contributed by atoms with Crippen molar-refractivity contribution in [2.75, 3.05) is 27.4 Å². The standard InChI is InChI=1S/C21H28N2O5/c1-13(2)11-23-12-17(20(24)22-10-14-6-5-7-28-14)15-8-18(26-3)19(27-4)9-16(15)21(23)25/h8-9,12-14H,5-7,10-11H2,1-4H3,(H,22,24)/t14-/m1/s1. The molecular weight excluding hydrogens is 360 g/mol. The first-order valence-electron chi connectivity index (χ1n) is 9.63. The van der Waals surface area contributed by atoms with Crippen LogP contribution < -0.4 is 20.3 Å². The molecule has 1 saturated heterocycles. The fraction of sp³-hybridized carbons (Fsp3) is 0.524. The van der Waals surface area contributed by atoms with Gasteiger partial charge in [-0.05, 0) is 30.9 Å². The molecule has 0 aliphatic carbocycles. The highest BCUT2D eigenvalue weighted by Crippen LogP contribution is 2.32. The van der Waals surface area contributed by atoms with Gasteiger partial charge in [0.1, 0.15) is 0 Å². The maximum atomic E-state index is 13.0. The van der Waals surface area contributed by atoms with Crippen molar-refractivity contribution in [3.05, 3.63) is 34.2 Å². The summed E-state index contributed by atoms with van der Waals surface area (Å²) in [4.78, 5) is 26.0. The van der Waals surface area contributed by atoms with E-state index in [2.05, 4.69) is 5.32 Å². The molecule has 0 radical (unpaired) electrons. The second kappa shape index (κ2) is 8.65. The van der Waals surface area contributed by atoms with Crippen LogP contribution in [0.2, 0.25) is 0 Å². The summed E-state index contributed by atoms with van der Waals surface area (Å²) < 4.78 is 17.9. The summed E-state index contributed by atoms with van der Waals surface area (Å²) in [5, 5.41) is 3.93. The molecule has 1 N–H and O–H groups in total. The normalized spacial score (nSPS) is 16.5. The van der Waals surface area contributed by atoms with Crippen LogP contribution in [-0.2, 0) is 11.3 Å². The maximum Gasteiger partial charge on any atom is 0.258 e. The molecule has 1 aliphatic heterocycles. The first-order valence-corrected chi connectivity index (χ1v) is 9.63. The van der Waals surface area contributed by atoms with Gasteiger partial charge in [-0.2, -0.15) is 0 Å². The van der Waals surface area contributed by atoms with E-state index in [-0.39, 0.29) is 23.5 Å². The van der Waals surface area contributed by atoms with Gasteiger partial charge in [-0.15, -0.1) is 0 Å². The van der Waals surface area contributed by atoms with Crippen molar-refractivity contribution in [3.63, 3.8) is 0 Å². The molecule has 3 rings (SSSR count). The van der Waals surface area contributed by atoms with Crippen LogP contribution in [0.15, 0.2) is 23.1 Å². The SMILES string of the molecule is COc1cc2c(C(=O)NC[C@H]3CCCO3)cn(CC(C)C)c(=O)c2cc1OC. The Bertz CT molecular complexity index is 913. The van der Waals surface area contributed by atoms with Crippen LogP contribution in [0.5, 0.6) is 11.5 Å². The predicted molar refractivity (Wildman–Crippen MR) is 107 cm³/mol. The van der Waals surface area contributed by atoms with Gasteiger partial charge in [0.05, 0.1) is 31.3 Å². The Morgan fingerprint density at radius 2 is 1.93 bits per heavy atom. The van der Waals surface area contributed by atoms with Crippen LogP contribution in [0.4, 0.5) is 0 Å². The van der Waals surface area contributed by atoms with E-state index in [0.29, 0.717) is 40.9 Å². The highest BCUT2D eigenvalue weighted by molar-refractivity contribution is 6.07. The van der Waals surface area contributed by atoms with Gasteiger partial charge in [0.15, 0.2) is 11.5 Å².